The number of halogens is 2. The molecular formula is C16H17BrClN2O2S+. The number of para-hydroxylation sites is 1. The molecule has 1 aliphatic heterocycles. The fraction of sp³-hybridized carbons (Fsp3) is 0.250. The molecule has 1 N–H and O–H groups in total. The minimum atomic E-state index is -3.43. The quantitative estimate of drug-likeness (QED) is 0.834. The molecule has 1 aliphatic rings. The Labute approximate surface area is 149 Å². The topological polar surface area (TPSA) is 41.8 Å². The maximum Gasteiger partial charge on any atom is 0.243 e. The summed E-state index contributed by atoms with van der Waals surface area (Å²) in [5.41, 5.74) is 1.04. The smallest absolute Gasteiger partial charge is 0.243 e. The molecule has 3 rings (SSSR count). The van der Waals surface area contributed by atoms with Crippen molar-refractivity contribution in [2.45, 2.75) is 4.90 Å². The van der Waals surface area contributed by atoms with Crippen molar-refractivity contribution >= 4 is 43.2 Å². The predicted octanol–water partition coefficient (Wildman–Crippen LogP) is 2.32. The van der Waals surface area contributed by atoms with Gasteiger partial charge in [0.25, 0.3) is 0 Å². The Balaban J connectivity index is 1.74. The molecule has 1 saturated heterocycles. The maximum atomic E-state index is 12.7. The molecule has 0 bridgehead atoms. The van der Waals surface area contributed by atoms with Gasteiger partial charge in [-0.2, -0.15) is 4.31 Å². The largest absolute Gasteiger partial charge is 0.299 e. The van der Waals surface area contributed by atoms with Crippen LogP contribution < -0.4 is 4.90 Å². The zero-order valence-electron chi connectivity index (χ0n) is 12.4. The molecule has 23 heavy (non-hydrogen) atoms. The van der Waals surface area contributed by atoms with E-state index in [1.54, 1.807) is 28.6 Å². The van der Waals surface area contributed by atoms with E-state index in [-0.39, 0.29) is 0 Å². The van der Waals surface area contributed by atoms with E-state index >= 15 is 0 Å². The highest BCUT2D eigenvalue weighted by molar-refractivity contribution is 9.10. The lowest BCUT2D eigenvalue weighted by Gasteiger charge is -2.31. The molecule has 0 atom stereocenters. The lowest BCUT2D eigenvalue weighted by Crippen LogP contribution is -3.10. The van der Waals surface area contributed by atoms with Crippen LogP contribution >= 0.6 is 27.5 Å². The summed E-state index contributed by atoms with van der Waals surface area (Å²) >= 11 is 9.56. The van der Waals surface area contributed by atoms with Crippen LogP contribution in [0.25, 0.3) is 0 Å². The van der Waals surface area contributed by atoms with Crippen LogP contribution in [-0.2, 0) is 10.0 Å². The first-order valence-corrected chi connectivity index (χ1v) is 9.95. The lowest BCUT2D eigenvalue weighted by molar-refractivity contribution is -0.837. The second kappa shape index (κ2) is 6.91. The van der Waals surface area contributed by atoms with Crippen molar-refractivity contribution in [1.82, 2.24) is 4.31 Å². The summed E-state index contributed by atoms with van der Waals surface area (Å²) in [5, 5.41) is 0.728. The summed E-state index contributed by atoms with van der Waals surface area (Å²) in [7, 11) is -3.43. The number of hydrogen-bond acceptors (Lipinski definition) is 2. The average molecular weight is 417 g/mol. The Morgan fingerprint density at radius 3 is 2.22 bits per heavy atom. The lowest BCUT2D eigenvalue weighted by atomic mass is 10.2. The van der Waals surface area contributed by atoms with Crippen molar-refractivity contribution in [2.24, 2.45) is 0 Å². The van der Waals surface area contributed by atoms with Crippen LogP contribution in [0, 0.1) is 0 Å². The van der Waals surface area contributed by atoms with Gasteiger partial charge >= 0.3 is 0 Å². The molecular weight excluding hydrogens is 400 g/mol. The number of sulfonamides is 1. The molecule has 1 fully saturated rings. The Hall–Kier alpha value is -0.920. The van der Waals surface area contributed by atoms with E-state index in [0.717, 1.165) is 15.2 Å². The van der Waals surface area contributed by atoms with Crippen LogP contribution in [0.2, 0.25) is 5.02 Å². The normalized spacial score (nSPS) is 17.3. The molecule has 7 heteroatoms. The van der Waals surface area contributed by atoms with E-state index in [0.29, 0.717) is 31.1 Å². The third kappa shape index (κ3) is 3.61. The van der Waals surface area contributed by atoms with Crippen LogP contribution in [0.15, 0.2) is 57.9 Å². The van der Waals surface area contributed by atoms with E-state index < -0.39 is 10.0 Å². The molecule has 0 unspecified atom stereocenters. The molecule has 2 aromatic carbocycles. The molecule has 1 heterocycles. The van der Waals surface area contributed by atoms with Gasteiger partial charge in [0.2, 0.25) is 10.0 Å². The first kappa shape index (κ1) is 16.9. The Morgan fingerprint density at radius 1 is 1.00 bits per heavy atom. The number of nitrogens with one attached hydrogen (secondary N) is 1. The number of piperazine rings is 1. The zero-order valence-corrected chi connectivity index (χ0v) is 15.5. The SMILES string of the molecule is O=S(=O)(c1ccc(Br)cc1)N1CC[NH+](c2ccccc2Cl)CC1. The van der Waals surface area contributed by atoms with Gasteiger partial charge in [0.15, 0.2) is 0 Å². The minimum Gasteiger partial charge on any atom is -0.299 e. The molecule has 0 spiro atoms. The molecule has 0 aromatic heterocycles. The fourth-order valence-corrected chi connectivity index (χ4v) is 4.74. The first-order chi connectivity index (χ1) is 11.0. The number of hydrogen-bond donors (Lipinski definition) is 1. The van der Waals surface area contributed by atoms with Gasteiger partial charge in [0.1, 0.15) is 10.7 Å². The Bertz CT molecular complexity index is 788. The van der Waals surface area contributed by atoms with Crippen molar-refractivity contribution in [1.29, 1.82) is 0 Å². The number of nitrogens with zero attached hydrogens (tertiary/aromatic N) is 1. The summed E-state index contributed by atoms with van der Waals surface area (Å²) < 4.78 is 27.8. The zero-order chi connectivity index (χ0) is 16.4. The third-order valence-electron chi connectivity index (χ3n) is 4.03. The van der Waals surface area contributed by atoms with Gasteiger partial charge in [-0.15, -0.1) is 0 Å². The second-order valence-corrected chi connectivity index (χ2v) is 8.70. The van der Waals surface area contributed by atoms with E-state index in [9.17, 15) is 8.42 Å². The molecule has 122 valence electrons. The van der Waals surface area contributed by atoms with E-state index in [2.05, 4.69) is 15.9 Å². The van der Waals surface area contributed by atoms with Gasteiger partial charge in [-0.3, -0.25) is 4.90 Å². The molecule has 0 aliphatic carbocycles. The fourth-order valence-electron chi connectivity index (χ4n) is 2.77. The number of rotatable bonds is 3. The number of benzene rings is 2. The minimum absolute atomic E-state index is 0.335. The van der Waals surface area contributed by atoms with Crippen molar-refractivity contribution in [3.63, 3.8) is 0 Å². The Morgan fingerprint density at radius 2 is 1.61 bits per heavy atom. The van der Waals surface area contributed by atoms with Gasteiger partial charge in [-0.25, -0.2) is 8.42 Å². The Kier molecular flexibility index (Phi) is 5.08. The van der Waals surface area contributed by atoms with Crippen molar-refractivity contribution < 1.29 is 13.3 Å². The maximum absolute atomic E-state index is 12.7. The van der Waals surface area contributed by atoms with Gasteiger partial charge in [0, 0.05) is 10.5 Å². The van der Waals surface area contributed by atoms with E-state index in [4.69, 9.17) is 11.6 Å². The molecule has 0 radical (unpaired) electrons. The summed E-state index contributed by atoms with van der Waals surface area (Å²) in [6.07, 6.45) is 0. The van der Waals surface area contributed by atoms with Crippen LogP contribution in [0.4, 0.5) is 5.69 Å². The highest BCUT2D eigenvalue weighted by Crippen LogP contribution is 2.20. The van der Waals surface area contributed by atoms with E-state index in [1.807, 2.05) is 24.3 Å². The molecule has 2 aromatic rings. The summed E-state index contributed by atoms with van der Waals surface area (Å²) in [6.45, 7) is 2.39. The van der Waals surface area contributed by atoms with Crippen LogP contribution in [0.1, 0.15) is 0 Å². The van der Waals surface area contributed by atoms with E-state index in [1.165, 1.54) is 4.90 Å². The van der Waals surface area contributed by atoms with Crippen LogP contribution in [-0.4, -0.2) is 38.9 Å². The first-order valence-electron chi connectivity index (χ1n) is 7.34. The molecule has 0 saturated carbocycles. The molecule has 4 nitrogen and oxygen atoms in total. The van der Waals surface area contributed by atoms with Gasteiger partial charge in [0.05, 0.1) is 31.1 Å². The standard InChI is InChI=1S/C16H16BrClN2O2S/c17-13-5-7-14(8-6-13)23(21,22)20-11-9-19(10-12-20)16-4-2-1-3-15(16)18/h1-8H,9-12H2/p+1. The van der Waals surface area contributed by atoms with Crippen LogP contribution in [0.3, 0.4) is 0 Å². The van der Waals surface area contributed by atoms with Crippen LogP contribution in [0.5, 0.6) is 0 Å². The predicted molar refractivity (Wildman–Crippen MR) is 94.7 cm³/mol. The van der Waals surface area contributed by atoms with Gasteiger partial charge < -0.3 is 0 Å². The molecule has 0 amide bonds. The van der Waals surface area contributed by atoms with Crippen molar-refractivity contribution in [3.8, 4) is 0 Å². The summed E-state index contributed by atoms with van der Waals surface area (Å²) in [6, 6.07) is 14.5. The third-order valence-corrected chi connectivity index (χ3v) is 6.80. The summed E-state index contributed by atoms with van der Waals surface area (Å²) in [4.78, 5) is 1.56. The van der Waals surface area contributed by atoms with Gasteiger partial charge in [-0.1, -0.05) is 39.7 Å². The highest BCUT2D eigenvalue weighted by Gasteiger charge is 2.31. The van der Waals surface area contributed by atoms with Crippen molar-refractivity contribution in [3.05, 3.63) is 58.0 Å². The second-order valence-electron chi connectivity index (χ2n) is 5.44. The monoisotopic (exact) mass is 415 g/mol. The highest BCUT2D eigenvalue weighted by atomic mass is 79.9. The number of quaternary nitrogens is 1. The average Bonchev–Trinajstić information content (AvgIpc) is 2.56. The van der Waals surface area contributed by atoms with Crippen molar-refractivity contribution in [2.75, 3.05) is 26.2 Å². The summed E-state index contributed by atoms with van der Waals surface area (Å²) in [5.74, 6) is 0. The van der Waals surface area contributed by atoms with Gasteiger partial charge in [-0.05, 0) is 30.3 Å².